The molecule has 0 radical (unpaired) electrons. The van der Waals surface area contributed by atoms with Crippen molar-refractivity contribution < 1.29 is 14.0 Å². The molecule has 138 valence electrons. The smallest absolute Gasteiger partial charge is 0.238 e. The van der Waals surface area contributed by atoms with Gasteiger partial charge in [-0.3, -0.25) is 14.5 Å². The number of halogens is 1. The number of rotatable bonds is 7. The van der Waals surface area contributed by atoms with Crippen LogP contribution in [0.4, 0.5) is 15.8 Å². The molecule has 2 amide bonds. The summed E-state index contributed by atoms with van der Waals surface area (Å²) in [6, 6.07) is 13.3. The average Bonchev–Trinajstić information content (AvgIpc) is 2.61. The number of nitrogens with one attached hydrogen (secondary N) is 2. The summed E-state index contributed by atoms with van der Waals surface area (Å²) >= 11 is 0. The van der Waals surface area contributed by atoms with E-state index in [2.05, 4.69) is 10.6 Å². The van der Waals surface area contributed by atoms with Crippen molar-refractivity contribution in [2.45, 2.75) is 26.8 Å². The largest absolute Gasteiger partial charge is 0.326 e. The van der Waals surface area contributed by atoms with E-state index in [1.807, 2.05) is 18.7 Å². The van der Waals surface area contributed by atoms with E-state index in [0.717, 1.165) is 0 Å². The van der Waals surface area contributed by atoms with Gasteiger partial charge in [-0.2, -0.15) is 0 Å². The van der Waals surface area contributed by atoms with Crippen LogP contribution in [-0.2, 0) is 9.59 Å². The van der Waals surface area contributed by atoms with E-state index >= 15 is 0 Å². The molecule has 1 unspecified atom stereocenters. The lowest BCUT2D eigenvalue weighted by Gasteiger charge is -2.27. The van der Waals surface area contributed by atoms with Crippen LogP contribution in [0.25, 0.3) is 0 Å². The molecule has 2 N–H and O–H groups in total. The lowest BCUT2D eigenvalue weighted by atomic mass is 10.1. The third-order valence-electron chi connectivity index (χ3n) is 4.14. The zero-order valence-electron chi connectivity index (χ0n) is 15.3. The van der Waals surface area contributed by atoms with Gasteiger partial charge in [0.15, 0.2) is 0 Å². The van der Waals surface area contributed by atoms with Gasteiger partial charge in [-0.05, 0) is 43.8 Å². The molecule has 1 atom stereocenters. The SMILES string of the molecule is CCN(CC(=O)Nc1ccc(NC(C)=O)cc1)C(C)c1ccccc1F. The maximum Gasteiger partial charge on any atom is 0.238 e. The second-order valence-electron chi connectivity index (χ2n) is 6.07. The van der Waals surface area contributed by atoms with E-state index in [1.165, 1.54) is 13.0 Å². The molecule has 0 bridgehead atoms. The quantitative estimate of drug-likeness (QED) is 0.792. The number of carbonyl (C=O) groups excluding carboxylic acids is 2. The van der Waals surface area contributed by atoms with Crippen molar-refractivity contribution in [3.05, 3.63) is 59.9 Å². The van der Waals surface area contributed by atoms with Gasteiger partial charge < -0.3 is 10.6 Å². The van der Waals surface area contributed by atoms with Crippen molar-refractivity contribution in [1.82, 2.24) is 4.90 Å². The molecule has 2 aromatic rings. The average molecular weight is 357 g/mol. The van der Waals surface area contributed by atoms with Gasteiger partial charge >= 0.3 is 0 Å². The minimum absolute atomic E-state index is 0.150. The van der Waals surface area contributed by atoms with Crippen molar-refractivity contribution >= 4 is 23.2 Å². The fourth-order valence-electron chi connectivity index (χ4n) is 2.76. The summed E-state index contributed by atoms with van der Waals surface area (Å²) in [5, 5.41) is 5.49. The minimum Gasteiger partial charge on any atom is -0.326 e. The predicted molar refractivity (Wildman–Crippen MR) is 101 cm³/mol. The predicted octanol–water partition coefficient (Wildman–Crippen LogP) is 3.81. The number of hydrogen-bond donors (Lipinski definition) is 2. The van der Waals surface area contributed by atoms with Crippen LogP contribution in [0.5, 0.6) is 0 Å². The van der Waals surface area contributed by atoms with Crippen LogP contribution in [-0.4, -0.2) is 29.8 Å². The highest BCUT2D eigenvalue weighted by Crippen LogP contribution is 2.22. The zero-order chi connectivity index (χ0) is 19.1. The van der Waals surface area contributed by atoms with Gasteiger partial charge in [0.2, 0.25) is 11.8 Å². The summed E-state index contributed by atoms with van der Waals surface area (Å²) in [5.74, 6) is -0.600. The third-order valence-corrected chi connectivity index (χ3v) is 4.14. The number of carbonyl (C=O) groups is 2. The Balaban J connectivity index is 1.98. The summed E-state index contributed by atoms with van der Waals surface area (Å²) in [6.45, 7) is 6.03. The van der Waals surface area contributed by atoms with Crippen molar-refractivity contribution in [1.29, 1.82) is 0 Å². The fourth-order valence-corrected chi connectivity index (χ4v) is 2.76. The number of benzene rings is 2. The standard InChI is InChI=1S/C20H24FN3O2/c1-4-24(14(2)18-7-5-6-8-19(18)21)13-20(26)23-17-11-9-16(10-12-17)22-15(3)25/h5-12,14H,4,13H2,1-3H3,(H,22,25)(H,23,26). The summed E-state index contributed by atoms with van der Waals surface area (Å²) in [5.41, 5.74) is 1.87. The zero-order valence-corrected chi connectivity index (χ0v) is 15.3. The highest BCUT2D eigenvalue weighted by molar-refractivity contribution is 5.93. The Morgan fingerprint density at radius 1 is 1.04 bits per heavy atom. The maximum atomic E-state index is 14.0. The monoisotopic (exact) mass is 357 g/mol. The molecule has 6 heteroatoms. The molecule has 26 heavy (non-hydrogen) atoms. The summed E-state index contributed by atoms with van der Waals surface area (Å²) in [6.07, 6.45) is 0. The Morgan fingerprint density at radius 3 is 2.15 bits per heavy atom. The van der Waals surface area contributed by atoms with Gasteiger partial charge in [0.1, 0.15) is 5.82 Å². The normalized spacial score (nSPS) is 11.9. The van der Waals surface area contributed by atoms with Crippen molar-refractivity contribution in [2.75, 3.05) is 23.7 Å². The molecule has 5 nitrogen and oxygen atoms in total. The van der Waals surface area contributed by atoms with Crippen molar-refractivity contribution in [3.8, 4) is 0 Å². The van der Waals surface area contributed by atoms with E-state index in [1.54, 1.807) is 42.5 Å². The Bertz CT molecular complexity index is 762. The topological polar surface area (TPSA) is 61.4 Å². The fraction of sp³-hybridized carbons (Fsp3) is 0.300. The molecular weight excluding hydrogens is 333 g/mol. The first kappa shape index (κ1) is 19.6. The Morgan fingerprint density at radius 2 is 1.62 bits per heavy atom. The van der Waals surface area contributed by atoms with E-state index < -0.39 is 0 Å². The summed E-state index contributed by atoms with van der Waals surface area (Å²) < 4.78 is 14.0. The highest BCUT2D eigenvalue weighted by atomic mass is 19.1. The molecule has 0 aliphatic rings. The van der Waals surface area contributed by atoms with Crippen LogP contribution in [0.1, 0.15) is 32.4 Å². The molecule has 0 aliphatic carbocycles. The lowest BCUT2D eigenvalue weighted by molar-refractivity contribution is -0.118. The molecule has 0 saturated carbocycles. The van der Waals surface area contributed by atoms with Gasteiger partial charge in [0.05, 0.1) is 6.54 Å². The van der Waals surface area contributed by atoms with E-state index in [0.29, 0.717) is 23.5 Å². The molecule has 2 rings (SSSR count). The van der Waals surface area contributed by atoms with Crippen LogP contribution in [0.3, 0.4) is 0 Å². The molecular formula is C20H24FN3O2. The number of likely N-dealkylation sites (N-methyl/N-ethyl adjacent to an activating group) is 1. The van der Waals surface area contributed by atoms with E-state index in [4.69, 9.17) is 0 Å². The molecule has 0 spiro atoms. The Hall–Kier alpha value is -2.73. The second-order valence-corrected chi connectivity index (χ2v) is 6.07. The molecule has 0 saturated heterocycles. The van der Waals surface area contributed by atoms with Crippen molar-refractivity contribution in [3.63, 3.8) is 0 Å². The highest BCUT2D eigenvalue weighted by Gasteiger charge is 2.19. The molecule has 0 heterocycles. The third kappa shape index (κ3) is 5.39. The Kier molecular flexibility index (Phi) is 6.86. The minimum atomic E-state index is -0.271. The van der Waals surface area contributed by atoms with Crippen LogP contribution >= 0.6 is 0 Å². The number of anilines is 2. The van der Waals surface area contributed by atoms with E-state index in [-0.39, 0.29) is 30.2 Å². The number of hydrogen-bond acceptors (Lipinski definition) is 3. The second kappa shape index (κ2) is 9.10. The number of nitrogens with zero attached hydrogens (tertiary/aromatic N) is 1. The van der Waals surface area contributed by atoms with Crippen LogP contribution in [0.2, 0.25) is 0 Å². The number of amides is 2. The van der Waals surface area contributed by atoms with Gasteiger partial charge in [0, 0.05) is 29.9 Å². The lowest BCUT2D eigenvalue weighted by Crippen LogP contribution is -2.35. The molecule has 2 aromatic carbocycles. The summed E-state index contributed by atoms with van der Waals surface area (Å²) in [7, 11) is 0. The molecule has 0 aliphatic heterocycles. The van der Waals surface area contributed by atoms with Gasteiger partial charge in [-0.15, -0.1) is 0 Å². The van der Waals surface area contributed by atoms with Gasteiger partial charge in [0.25, 0.3) is 0 Å². The van der Waals surface area contributed by atoms with Gasteiger partial charge in [-0.25, -0.2) is 4.39 Å². The van der Waals surface area contributed by atoms with Crippen LogP contribution in [0, 0.1) is 5.82 Å². The first-order valence-corrected chi connectivity index (χ1v) is 8.56. The van der Waals surface area contributed by atoms with Gasteiger partial charge in [-0.1, -0.05) is 25.1 Å². The van der Waals surface area contributed by atoms with E-state index in [9.17, 15) is 14.0 Å². The Labute approximate surface area is 153 Å². The van der Waals surface area contributed by atoms with Crippen LogP contribution < -0.4 is 10.6 Å². The van der Waals surface area contributed by atoms with Crippen molar-refractivity contribution in [2.24, 2.45) is 0 Å². The molecule has 0 fully saturated rings. The summed E-state index contributed by atoms with van der Waals surface area (Å²) in [4.78, 5) is 25.3. The first-order valence-electron chi connectivity index (χ1n) is 8.56. The molecule has 0 aromatic heterocycles. The maximum absolute atomic E-state index is 14.0. The van der Waals surface area contributed by atoms with Crippen LogP contribution in [0.15, 0.2) is 48.5 Å². The first-order chi connectivity index (χ1) is 12.4.